The molecule has 0 bridgehead atoms. The number of benzene rings is 1. The van der Waals surface area contributed by atoms with E-state index in [1.165, 1.54) is 11.8 Å². The summed E-state index contributed by atoms with van der Waals surface area (Å²) in [5.74, 6) is 1.81. The second-order valence-electron chi connectivity index (χ2n) is 7.65. The number of nitrogens with zero attached hydrogens (tertiary/aromatic N) is 2. The first-order valence-electron chi connectivity index (χ1n) is 9.44. The Morgan fingerprint density at radius 1 is 1.21 bits per heavy atom. The number of cyclic esters (lactones) is 1. The van der Waals surface area contributed by atoms with Crippen molar-refractivity contribution in [2.75, 3.05) is 39.7 Å². The molecule has 0 N–H and O–H groups in total. The molecular formula is C20H28N2O5S. The van der Waals surface area contributed by atoms with Crippen molar-refractivity contribution < 1.29 is 23.8 Å². The van der Waals surface area contributed by atoms with E-state index in [2.05, 4.69) is 0 Å². The summed E-state index contributed by atoms with van der Waals surface area (Å²) in [6.45, 7) is 5.79. The lowest BCUT2D eigenvalue weighted by molar-refractivity contribution is -0.129. The molecule has 2 saturated heterocycles. The second kappa shape index (κ2) is 8.51. The molecule has 1 aromatic rings. The predicted octanol–water partition coefficient (Wildman–Crippen LogP) is 3.02. The lowest BCUT2D eigenvalue weighted by atomic mass is 9.97. The lowest BCUT2D eigenvalue weighted by Gasteiger charge is -2.40. The van der Waals surface area contributed by atoms with E-state index in [4.69, 9.17) is 14.2 Å². The van der Waals surface area contributed by atoms with E-state index in [0.717, 1.165) is 17.7 Å². The lowest BCUT2D eigenvalue weighted by Crippen LogP contribution is -2.53. The van der Waals surface area contributed by atoms with Crippen molar-refractivity contribution in [1.29, 1.82) is 0 Å². The Labute approximate surface area is 170 Å². The molecule has 2 aliphatic rings. The van der Waals surface area contributed by atoms with Crippen LogP contribution in [0.2, 0.25) is 0 Å². The molecule has 3 rings (SSSR count). The number of carbonyl (C=O) groups is 2. The fourth-order valence-electron chi connectivity index (χ4n) is 3.78. The van der Waals surface area contributed by atoms with Gasteiger partial charge in [0.05, 0.1) is 25.5 Å². The van der Waals surface area contributed by atoms with E-state index in [0.29, 0.717) is 36.9 Å². The first-order valence-corrected chi connectivity index (χ1v) is 10.4. The Morgan fingerprint density at radius 2 is 1.89 bits per heavy atom. The van der Waals surface area contributed by atoms with E-state index in [-0.39, 0.29) is 23.6 Å². The molecule has 2 aliphatic heterocycles. The average molecular weight is 409 g/mol. The highest BCUT2D eigenvalue weighted by Gasteiger charge is 2.44. The third kappa shape index (κ3) is 4.32. The Kier molecular flexibility index (Phi) is 6.27. The quantitative estimate of drug-likeness (QED) is 0.674. The van der Waals surface area contributed by atoms with Gasteiger partial charge in [-0.1, -0.05) is 0 Å². The van der Waals surface area contributed by atoms with Crippen LogP contribution in [0.5, 0.6) is 11.5 Å². The summed E-state index contributed by atoms with van der Waals surface area (Å²) in [5, 5.41) is 0. The van der Waals surface area contributed by atoms with Crippen molar-refractivity contribution in [2.45, 2.75) is 43.2 Å². The van der Waals surface area contributed by atoms with Crippen molar-refractivity contribution >= 4 is 23.8 Å². The summed E-state index contributed by atoms with van der Waals surface area (Å²) in [6.07, 6.45) is 1.33. The number of thioether (sulfide) groups is 1. The van der Waals surface area contributed by atoms with E-state index in [1.807, 2.05) is 41.8 Å². The fraction of sp³-hybridized carbons (Fsp3) is 0.600. The Morgan fingerprint density at radius 3 is 2.46 bits per heavy atom. The number of methoxy groups -OCH3 is 2. The van der Waals surface area contributed by atoms with Gasteiger partial charge in [-0.25, -0.2) is 4.79 Å². The van der Waals surface area contributed by atoms with E-state index < -0.39 is 0 Å². The summed E-state index contributed by atoms with van der Waals surface area (Å²) in [4.78, 5) is 29.4. The van der Waals surface area contributed by atoms with Gasteiger partial charge in [0.25, 0.3) is 0 Å². The number of hydrogen-bond acceptors (Lipinski definition) is 6. The normalized spacial score (nSPS) is 19.5. The molecular weight excluding hydrogens is 380 g/mol. The molecule has 0 unspecified atom stereocenters. The number of piperidine rings is 1. The summed E-state index contributed by atoms with van der Waals surface area (Å²) in [5.41, 5.74) is -0.281. The zero-order valence-corrected chi connectivity index (χ0v) is 17.7. The van der Waals surface area contributed by atoms with Crippen LogP contribution in [0.1, 0.15) is 26.7 Å². The van der Waals surface area contributed by atoms with Crippen molar-refractivity contribution in [3.63, 3.8) is 0 Å². The fourth-order valence-corrected chi connectivity index (χ4v) is 4.61. The maximum atomic E-state index is 12.6. The molecule has 1 aromatic carbocycles. The van der Waals surface area contributed by atoms with E-state index in [1.54, 1.807) is 14.2 Å². The maximum Gasteiger partial charge on any atom is 0.410 e. The molecule has 8 heteroatoms. The molecule has 0 aromatic heterocycles. The van der Waals surface area contributed by atoms with Gasteiger partial charge in [0.2, 0.25) is 5.91 Å². The minimum atomic E-state index is -0.281. The van der Waals surface area contributed by atoms with E-state index in [9.17, 15) is 9.59 Å². The first kappa shape index (κ1) is 20.6. The number of carbonyl (C=O) groups excluding carboxylic acids is 2. The Balaban J connectivity index is 1.51. The first-order chi connectivity index (χ1) is 13.4. The standard InChI is InChI=1S/C20H28N2O5S/c1-20(2)13-27-19(24)22(20)14-7-9-21(10-8-14)18(23)12-28-15-5-6-16(25-3)17(11-15)26-4/h5-6,11,14H,7-10,12-13H2,1-4H3. The van der Waals surface area contributed by atoms with Crippen molar-refractivity contribution in [3.8, 4) is 11.5 Å². The zero-order chi connectivity index (χ0) is 20.3. The van der Waals surface area contributed by atoms with Gasteiger partial charge >= 0.3 is 6.09 Å². The topological polar surface area (TPSA) is 68.3 Å². The highest BCUT2D eigenvalue weighted by Crippen LogP contribution is 2.33. The van der Waals surface area contributed by atoms with Crippen LogP contribution in [0, 0.1) is 0 Å². The van der Waals surface area contributed by atoms with E-state index >= 15 is 0 Å². The van der Waals surface area contributed by atoms with Crippen LogP contribution in [0.15, 0.2) is 23.1 Å². The maximum absolute atomic E-state index is 12.6. The number of ether oxygens (including phenoxy) is 3. The summed E-state index contributed by atoms with van der Waals surface area (Å²) >= 11 is 1.49. The summed E-state index contributed by atoms with van der Waals surface area (Å²) in [6, 6.07) is 5.78. The molecule has 7 nitrogen and oxygen atoms in total. The molecule has 0 atom stereocenters. The molecule has 2 fully saturated rings. The summed E-state index contributed by atoms with van der Waals surface area (Å²) < 4.78 is 15.8. The molecule has 28 heavy (non-hydrogen) atoms. The number of amides is 2. The van der Waals surface area contributed by atoms with Crippen molar-refractivity contribution in [1.82, 2.24) is 9.80 Å². The minimum Gasteiger partial charge on any atom is -0.493 e. The number of likely N-dealkylation sites (tertiary alicyclic amines) is 1. The number of rotatable bonds is 6. The van der Waals surface area contributed by atoms with Gasteiger partial charge in [-0.3, -0.25) is 9.69 Å². The van der Waals surface area contributed by atoms with Crippen LogP contribution >= 0.6 is 11.8 Å². The van der Waals surface area contributed by atoms with Gasteiger partial charge in [0, 0.05) is 24.0 Å². The third-order valence-electron chi connectivity index (χ3n) is 5.30. The van der Waals surface area contributed by atoms with Gasteiger partial charge in [-0.05, 0) is 44.9 Å². The van der Waals surface area contributed by atoms with Crippen LogP contribution in [-0.2, 0) is 9.53 Å². The largest absolute Gasteiger partial charge is 0.493 e. The SMILES string of the molecule is COc1ccc(SCC(=O)N2CCC(N3C(=O)OCC3(C)C)CC2)cc1OC. The minimum absolute atomic E-state index is 0.112. The molecule has 0 spiro atoms. The highest BCUT2D eigenvalue weighted by molar-refractivity contribution is 8.00. The van der Waals surface area contributed by atoms with Gasteiger partial charge in [-0.2, -0.15) is 0 Å². The van der Waals surface area contributed by atoms with Crippen LogP contribution in [-0.4, -0.2) is 73.0 Å². The molecule has 0 saturated carbocycles. The molecule has 2 amide bonds. The van der Waals surface area contributed by atoms with Crippen LogP contribution in [0.25, 0.3) is 0 Å². The smallest absolute Gasteiger partial charge is 0.410 e. The van der Waals surface area contributed by atoms with Crippen LogP contribution in [0.3, 0.4) is 0 Å². The van der Waals surface area contributed by atoms with Crippen molar-refractivity contribution in [3.05, 3.63) is 18.2 Å². The van der Waals surface area contributed by atoms with Gasteiger partial charge in [-0.15, -0.1) is 11.8 Å². The Bertz CT molecular complexity index is 731. The van der Waals surface area contributed by atoms with Crippen LogP contribution in [0.4, 0.5) is 4.79 Å². The summed E-state index contributed by atoms with van der Waals surface area (Å²) in [7, 11) is 3.19. The monoisotopic (exact) mass is 408 g/mol. The zero-order valence-electron chi connectivity index (χ0n) is 16.9. The van der Waals surface area contributed by atoms with Gasteiger partial charge in [0.1, 0.15) is 6.61 Å². The second-order valence-corrected chi connectivity index (χ2v) is 8.70. The van der Waals surface area contributed by atoms with Gasteiger partial charge < -0.3 is 19.1 Å². The highest BCUT2D eigenvalue weighted by atomic mass is 32.2. The Hall–Kier alpha value is -2.09. The molecule has 0 radical (unpaired) electrons. The molecule has 0 aliphatic carbocycles. The third-order valence-corrected chi connectivity index (χ3v) is 6.28. The number of hydrogen-bond donors (Lipinski definition) is 0. The van der Waals surface area contributed by atoms with Crippen LogP contribution < -0.4 is 9.47 Å². The van der Waals surface area contributed by atoms with Gasteiger partial charge in [0.15, 0.2) is 11.5 Å². The van der Waals surface area contributed by atoms with Crippen molar-refractivity contribution in [2.24, 2.45) is 0 Å². The average Bonchev–Trinajstić information content (AvgIpc) is 2.98. The predicted molar refractivity (Wildman–Crippen MR) is 107 cm³/mol. The molecule has 154 valence electrons. The molecule has 2 heterocycles.